The average Bonchev–Trinajstić information content (AvgIpc) is 3.30. The number of rotatable bonds is 4. The van der Waals surface area contributed by atoms with E-state index in [-0.39, 0.29) is 17.4 Å². The standard InChI is InChI=1S/C15H21N3O2/c19-13-2-1-7-17-14(13)15(20)18(12-3-4-12)10-11-5-8-16-9-6-11/h1-2,7,11-12,16,19H,3-6,8-10H2. The van der Waals surface area contributed by atoms with E-state index < -0.39 is 0 Å². The van der Waals surface area contributed by atoms with Gasteiger partial charge in [-0.05, 0) is 56.8 Å². The zero-order chi connectivity index (χ0) is 13.9. The van der Waals surface area contributed by atoms with Gasteiger partial charge < -0.3 is 15.3 Å². The van der Waals surface area contributed by atoms with E-state index in [0.29, 0.717) is 12.0 Å². The van der Waals surface area contributed by atoms with Crippen LogP contribution in [0, 0.1) is 5.92 Å². The molecule has 1 aromatic heterocycles. The van der Waals surface area contributed by atoms with Crippen LogP contribution in [0.5, 0.6) is 5.75 Å². The van der Waals surface area contributed by atoms with Gasteiger partial charge in [0.1, 0.15) is 5.75 Å². The molecule has 108 valence electrons. The molecule has 0 aromatic carbocycles. The van der Waals surface area contributed by atoms with Gasteiger partial charge in [0.15, 0.2) is 5.69 Å². The van der Waals surface area contributed by atoms with Crippen LogP contribution >= 0.6 is 0 Å². The highest BCUT2D eigenvalue weighted by molar-refractivity contribution is 5.95. The number of nitrogens with zero attached hydrogens (tertiary/aromatic N) is 2. The van der Waals surface area contributed by atoms with Crippen LogP contribution in [0.25, 0.3) is 0 Å². The Kier molecular flexibility index (Phi) is 3.87. The van der Waals surface area contributed by atoms with E-state index in [0.717, 1.165) is 45.3 Å². The van der Waals surface area contributed by atoms with Gasteiger partial charge in [-0.1, -0.05) is 0 Å². The van der Waals surface area contributed by atoms with Crippen molar-refractivity contribution in [2.24, 2.45) is 5.92 Å². The van der Waals surface area contributed by atoms with Crippen molar-refractivity contribution in [3.8, 4) is 5.75 Å². The van der Waals surface area contributed by atoms with Gasteiger partial charge in [-0.3, -0.25) is 4.79 Å². The van der Waals surface area contributed by atoms with E-state index in [4.69, 9.17) is 0 Å². The minimum atomic E-state index is -0.121. The van der Waals surface area contributed by atoms with Crippen LogP contribution in [0.2, 0.25) is 0 Å². The van der Waals surface area contributed by atoms with E-state index in [1.165, 1.54) is 6.07 Å². The molecule has 1 saturated heterocycles. The summed E-state index contributed by atoms with van der Waals surface area (Å²) >= 11 is 0. The Morgan fingerprint density at radius 2 is 2.10 bits per heavy atom. The van der Waals surface area contributed by atoms with E-state index >= 15 is 0 Å². The molecule has 20 heavy (non-hydrogen) atoms. The summed E-state index contributed by atoms with van der Waals surface area (Å²) in [5.74, 6) is 0.421. The molecule has 0 unspecified atom stereocenters. The van der Waals surface area contributed by atoms with Crippen molar-refractivity contribution < 1.29 is 9.90 Å². The fraction of sp³-hybridized carbons (Fsp3) is 0.600. The number of aromatic hydroxyl groups is 1. The molecule has 1 aliphatic carbocycles. The van der Waals surface area contributed by atoms with Crippen LogP contribution in [0.1, 0.15) is 36.2 Å². The number of hydrogen-bond acceptors (Lipinski definition) is 4. The van der Waals surface area contributed by atoms with Crippen molar-refractivity contribution >= 4 is 5.91 Å². The largest absolute Gasteiger partial charge is 0.505 e. The van der Waals surface area contributed by atoms with Crippen molar-refractivity contribution in [2.75, 3.05) is 19.6 Å². The van der Waals surface area contributed by atoms with Gasteiger partial charge in [0, 0.05) is 18.8 Å². The third-order valence-electron chi connectivity index (χ3n) is 4.15. The van der Waals surface area contributed by atoms with E-state index in [1.54, 1.807) is 12.3 Å². The molecule has 0 bridgehead atoms. The number of carbonyl (C=O) groups is 1. The summed E-state index contributed by atoms with van der Waals surface area (Å²) < 4.78 is 0. The lowest BCUT2D eigenvalue weighted by Crippen LogP contribution is -2.40. The summed E-state index contributed by atoms with van der Waals surface area (Å²) in [6.45, 7) is 2.86. The first-order valence-electron chi connectivity index (χ1n) is 7.41. The summed E-state index contributed by atoms with van der Waals surface area (Å²) in [6.07, 6.45) is 5.94. The Morgan fingerprint density at radius 3 is 2.75 bits per heavy atom. The number of carbonyl (C=O) groups excluding carboxylic acids is 1. The number of piperidine rings is 1. The Bertz CT molecular complexity index is 482. The summed E-state index contributed by atoms with van der Waals surface area (Å²) in [7, 11) is 0. The normalized spacial score (nSPS) is 19.8. The second-order valence-electron chi connectivity index (χ2n) is 5.75. The van der Waals surface area contributed by atoms with Crippen molar-refractivity contribution in [2.45, 2.75) is 31.7 Å². The van der Waals surface area contributed by atoms with Crippen LogP contribution in [-0.4, -0.2) is 46.6 Å². The fourth-order valence-electron chi connectivity index (χ4n) is 2.82. The van der Waals surface area contributed by atoms with E-state index in [1.807, 2.05) is 4.90 Å². The van der Waals surface area contributed by atoms with E-state index in [9.17, 15) is 9.90 Å². The number of pyridine rings is 1. The molecule has 2 N–H and O–H groups in total. The topological polar surface area (TPSA) is 65.5 Å². The highest BCUT2D eigenvalue weighted by Gasteiger charge is 2.35. The molecule has 0 atom stereocenters. The number of hydrogen-bond donors (Lipinski definition) is 2. The first-order chi connectivity index (χ1) is 9.75. The lowest BCUT2D eigenvalue weighted by Gasteiger charge is -2.30. The highest BCUT2D eigenvalue weighted by Crippen LogP contribution is 2.31. The van der Waals surface area contributed by atoms with Crippen molar-refractivity contribution in [3.63, 3.8) is 0 Å². The molecule has 3 rings (SSSR count). The van der Waals surface area contributed by atoms with Gasteiger partial charge in [-0.25, -0.2) is 4.98 Å². The number of nitrogens with one attached hydrogen (secondary N) is 1. The predicted molar refractivity (Wildman–Crippen MR) is 75.6 cm³/mol. The van der Waals surface area contributed by atoms with Crippen LogP contribution in [0.15, 0.2) is 18.3 Å². The van der Waals surface area contributed by atoms with Gasteiger partial charge in [0.05, 0.1) is 0 Å². The monoisotopic (exact) mass is 275 g/mol. The van der Waals surface area contributed by atoms with Crippen molar-refractivity contribution in [1.29, 1.82) is 0 Å². The van der Waals surface area contributed by atoms with Crippen LogP contribution in [0.3, 0.4) is 0 Å². The molecule has 1 amide bonds. The molecule has 0 radical (unpaired) electrons. The van der Waals surface area contributed by atoms with E-state index in [2.05, 4.69) is 10.3 Å². The Labute approximate surface area is 119 Å². The molecule has 5 nitrogen and oxygen atoms in total. The van der Waals surface area contributed by atoms with Crippen molar-refractivity contribution in [1.82, 2.24) is 15.2 Å². The van der Waals surface area contributed by atoms with Gasteiger partial charge in [0.25, 0.3) is 5.91 Å². The second-order valence-corrected chi connectivity index (χ2v) is 5.75. The van der Waals surface area contributed by atoms with Crippen LogP contribution in [-0.2, 0) is 0 Å². The smallest absolute Gasteiger partial charge is 0.276 e. The zero-order valence-electron chi connectivity index (χ0n) is 11.6. The maximum atomic E-state index is 12.6. The van der Waals surface area contributed by atoms with Crippen LogP contribution in [0.4, 0.5) is 0 Å². The van der Waals surface area contributed by atoms with Crippen molar-refractivity contribution in [3.05, 3.63) is 24.0 Å². The summed E-state index contributed by atoms with van der Waals surface area (Å²) in [6, 6.07) is 3.51. The molecule has 5 heteroatoms. The third kappa shape index (κ3) is 2.93. The summed E-state index contributed by atoms with van der Waals surface area (Å²) in [5, 5.41) is 13.2. The lowest BCUT2D eigenvalue weighted by molar-refractivity contribution is 0.0692. The predicted octanol–water partition coefficient (Wildman–Crippen LogP) is 1.39. The molecule has 1 aromatic rings. The average molecular weight is 275 g/mol. The molecular weight excluding hydrogens is 254 g/mol. The first-order valence-corrected chi connectivity index (χ1v) is 7.41. The molecule has 2 fully saturated rings. The second kappa shape index (κ2) is 5.79. The molecule has 2 heterocycles. The quantitative estimate of drug-likeness (QED) is 0.871. The summed E-state index contributed by atoms with van der Waals surface area (Å²) in [4.78, 5) is 18.6. The highest BCUT2D eigenvalue weighted by atomic mass is 16.3. The van der Waals surface area contributed by atoms with Gasteiger partial charge in [0.2, 0.25) is 0 Å². The van der Waals surface area contributed by atoms with Gasteiger partial charge >= 0.3 is 0 Å². The Balaban J connectivity index is 1.73. The third-order valence-corrected chi connectivity index (χ3v) is 4.15. The fourth-order valence-corrected chi connectivity index (χ4v) is 2.82. The van der Waals surface area contributed by atoms with Crippen LogP contribution < -0.4 is 5.32 Å². The molecule has 1 aliphatic heterocycles. The number of amides is 1. The number of aromatic nitrogens is 1. The molecule has 1 saturated carbocycles. The maximum absolute atomic E-state index is 12.6. The SMILES string of the molecule is O=C(c1ncccc1O)N(CC1CCNCC1)C1CC1. The molecular formula is C15H21N3O2. The zero-order valence-corrected chi connectivity index (χ0v) is 11.6. The first kappa shape index (κ1) is 13.4. The minimum Gasteiger partial charge on any atom is -0.505 e. The Morgan fingerprint density at radius 1 is 1.35 bits per heavy atom. The molecule has 0 spiro atoms. The maximum Gasteiger partial charge on any atom is 0.276 e. The minimum absolute atomic E-state index is 0.0199. The lowest BCUT2D eigenvalue weighted by atomic mass is 9.97. The van der Waals surface area contributed by atoms with Gasteiger partial charge in [-0.2, -0.15) is 0 Å². The van der Waals surface area contributed by atoms with Gasteiger partial charge in [-0.15, -0.1) is 0 Å². The summed E-state index contributed by atoms with van der Waals surface area (Å²) in [5.41, 5.74) is 0.188. The molecule has 2 aliphatic rings. The Hall–Kier alpha value is -1.62.